The molecule has 0 radical (unpaired) electrons. The highest BCUT2D eigenvalue weighted by Crippen LogP contribution is 2.03. The molecule has 1 N–H and O–H groups in total. The van der Waals surface area contributed by atoms with Crippen LogP contribution in [0.4, 0.5) is 0 Å². The Morgan fingerprint density at radius 2 is 1.89 bits per heavy atom. The maximum atomic E-state index is 11.8. The molecule has 0 saturated heterocycles. The van der Waals surface area contributed by atoms with Crippen molar-refractivity contribution < 1.29 is 4.79 Å². The second kappa shape index (κ2) is 6.26. The molecule has 5 heteroatoms. The van der Waals surface area contributed by atoms with Crippen molar-refractivity contribution in [3.63, 3.8) is 0 Å². The van der Waals surface area contributed by atoms with Crippen molar-refractivity contribution in [1.29, 1.82) is 5.26 Å². The van der Waals surface area contributed by atoms with Crippen molar-refractivity contribution >= 4 is 5.91 Å². The molecule has 0 unspecified atom stereocenters. The average Bonchev–Trinajstić information content (AvgIpc) is 2.48. The van der Waals surface area contributed by atoms with Gasteiger partial charge in [0.05, 0.1) is 11.6 Å². The Morgan fingerprint density at radius 3 is 2.53 bits per heavy atom. The van der Waals surface area contributed by atoms with E-state index in [1.807, 2.05) is 6.07 Å². The van der Waals surface area contributed by atoms with Gasteiger partial charge in [0.25, 0.3) is 5.91 Å². The molecule has 94 valence electrons. The Balaban J connectivity index is 1.86. The van der Waals surface area contributed by atoms with Crippen LogP contribution < -0.4 is 5.32 Å². The Hall–Kier alpha value is -2.74. The Labute approximate surface area is 110 Å². The second-order valence-corrected chi connectivity index (χ2v) is 3.94. The smallest absolute Gasteiger partial charge is 0.251 e. The first-order chi connectivity index (χ1) is 9.29. The van der Waals surface area contributed by atoms with Crippen molar-refractivity contribution in [3.8, 4) is 6.07 Å². The Bertz CT molecular complexity index is 587. The number of nitrogens with zero attached hydrogens (tertiary/aromatic N) is 3. The van der Waals surface area contributed by atoms with Crippen molar-refractivity contribution in [2.75, 3.05) is 6.54 Å². The van der Waals surface area contributed by atoms with E-state index in [9.17, 15) is 4.79 Å². The van der Waals surface area contributed by atoms with E-state index in [1.54, 1.807) is 36.7 Å². The first-order valence-corrected chi connectivity index (χ1v) is 5.82. The van der Waals surface area contributed by atoms with Crippen molar-refractivity contribution in [2.45, 2.75) is 6.42 Å². The molecule has 0 aliphatic heterocycles. The summed E-state index contributed by atoms with van der Waals surface area (Å²) in [6.45, 7) is 0.520. The zero-order valence-electron chi connectivity index (χ0n) is 10.2. The minimum atomic E-state index is -0.152. The van der Waals surface area contributed by atoms with E-state index in [-0.39, 0.29) is 5.91 Å². The van der Waals surface area contributed by atoms with Crippen LogP contribution in [0.2, 0.25) is 0 Å². The van der Waals surface area contributed by atoms with Crippen LogP contribution in [0.5, 0.6) is 0 Å². The molecule has 0 saturated carbocycles. The number of hydrogen-bond acceptors (Lipinski definition) is 4. The average molecular weight is 252 g/mol. The van der Waals surface area contributed by atoms with Gasteiger partial charge >= 0.3 is 0 Å². The van der Waals surface area contributed by atoms with Gasteiger partial charge in [-0.2, -0.15) is 5.26 Å². The monoisotopic (exact) mass is 252 g/mol. The number of amides is 1. The summed E-state index contributed by atoms with van der Waals surface area (Å²) < 4.78 is 0. The summed E-state index contributed by atoms with van der Waals surface area (Å²) in [6, 6.07) is 8.54. The van der Waals surface area contributed by atoms with Gasteiger partial charge in [-0.1, -0.05) is 0 Å². The van der Waals surface area contributed by atoms with E-state index in [0.29, 0.717) is 24.1 Å². The largest absolute Gasteiger partial charge is 0.352 e. The van der Waals surface area contributed by atoms with E-state index in [1.165, 1.54) is 6.33 Å². The standard InChI is InChI=1S/C14H12N4O/c15-7-11-1-3-13(4-2-11)14(19)18-6-5-12-8-16-10-17-9-12/h1-4,8-10H,5-6H2,(H,18,19). The zero-order chi connectivity index (χ0) is 13.5. The Morgan fingerprint density at radius 1 is 1.21 bits per heavy atom. The van der Waals surface area contributed by atoms with Gasteiger partial charge in [0.2, 0.25) is 0 Å². The fourth-order valence-corrected chi connectivity index (χ4v) is 1.58. The van der Waals surface area contributed by atoms with E-state index >= 15 is 0 Å². The normalized spacial score (nSPS) is 9.63. The number of carbonyl (C=O) groups is 1. The summed E-state index contributed by atoms with van der Waals surface area (Å²) in [5, 5.41) is 11.5. The maximum absolute atomic E-state index is 11.8. The van der Waals surface area contributed by atoms with Crippen LogP contribution in [0.25, 0.3) is 0 Å². The van der Waals surface area contributed by atoms with Gasteiger partial charge in [-0.15, -0.1) is 0 Å². The van der Waals surface area contributed by atoms with Crippen LogP contribution >= 0.6 is 0 Å². The molecule has 19 heavy (non-hydrogen) atoms. The number of aromatic nitrogens is 2. The van der Waals surface area contributed by atoms with Gasteiger partial charge < -0.3 is 5.32 Å². The molecule has 1 amide bonds. The van der Waals surface area contributed by atoms with Crippen molar-refractivity contribution in [1.82, 2.24) is 15.3 Å². The van der Waals surface area contributed by atoms with E-state index in [2.05, 4.69) is 15.3 Å². The number of hydrogen-bond donors (Lipinski definition) is 1. The molecular weight excluding hydrogens is 240 g/mol. The van der Waals surface area contributed by atoms with Crippen LogP contribution in [-0.2, 0) is 6.42 Å². The van der Waals surface area contributed by atoms with Gasteiger partial charge in [0, 0.05) is 24.5 Å². The lowest BCUT2D eigenvalue weighted by atomic mass is 10.1. The number of nitriles is 1. The van der Waals surface area contributed by atoms with Crippen LogP contribution in [0.1, 0.15) is 21.5 Å². The molecule has 5 nitrogen and oxygen atoms in total. The minimum absolute atomic E-state index is 0.152. The van der Waals surface area contributed by atoms with Crippen LogP contribution in [0, 0.1) is 11.3 Å². The molecule has 0 bridgehead atoms. The summed E-state index contributed by atoms with van der Waals surface area (Å²) in [5.74, 6) is -0.152. The first-order valence-electron chi connectivity index (χ1n) is 5.82. The zero-order valence-corrected chi connectivity index (χ0v) is 10.2. The number of benzene rings is 1. The quantitative estimate of drug-likeness (QED) is 0.890. The van der Waals surface area contributed by atoms with Gasteiger partial charge in [-0.25, -0.2) is 9.97 Å². The number of rotatable bonds is 4. The Kier molecular flexibility index (Phi) is 4.19. The van der Waals surface area contributed by atoms with Gasteiger partial charge in [0.1, 0.15) is 6.33 Å². The fourth-order valence-electron chi connectivity index (χ4n) is 1.58. The highest BCUT2D eigenvalue weighted by atomic mass is 16.1. The predicted octanol–water partition coefficient (Wildman–Crippen LogP) is 1.32. The van der Waals surface area contributed by atoms with Crippen LogP contribution in [-0.4, -0.2) is 22.4 Å². The molecule has 0 atom stereocenters. The van der Waals surface area contributed by atoms with Gasteiger partial charge in [-0.05, 0) is 36.2 Å². The predicted molar refractivity (Wildman–Crippen MR) is 69.2 cm³/mol. The third kappa shape index (κ3) is 3.61. The van der Waals surface area contributed by atoms with E-state index in [4.69, 9.17) is 5.26 Å². The molecule has 0 aliphatic rings. The SMILES string of the molecule is N#Cc1ccc(C(=O)NCCc2cncnc2)cc1. The summed E-state index contributed by atoms with van der Waals surface area (Å²) in [7, 11) is 0. The molecule has 1 aromatic heterocycles. The fraction of sp³-hybridized carbons (Fsp3) is 0.143. The summed E-state index contributed by atoms with van der Waals surface area (Å²) >= 11 is 0. The number of carbonyl (C=O) groups excluding carboxylic acids is 1. The lowest BCUT2D eigenvalue weighted by Gasteiger charge is -2.04. The second-order valence-electron chi connectivity index (χ2n) is 3.94. The third-order valence-corrected chi connectivity index (χ3v) is 2.59. The lowest BCUT2D eigenvalue weighted by molar-refractivity contribution is 0.0954. The summed E-state index contributed by atoms with van der Waals surface area (Å²) in [5.41, 5.74) is 2.06. The van der Waals surface area contributed by atoms with Crippen molar-refractivity contribution in [3.05, 3.63) is 59.7 Å². The molecule has 2 rings (SSSR count). The third-order valence-electron chi connectivity index (χ3n) is 2.59. The maximum Gasteiger partial charge on any atom is 0.251 e. The topological polar surface area (TPSA) is 78.7 Å². The molecule has 0 fully saturated rings. The van der Waals surface area contributed by atoms with Crippen LogP contribution in [0.3, 0.4) is 0 Å². The highest BCUT2D eigenvalue weighted by Gasteiger charge is 2.04. The van der Waals surface area contributed by atoms with Gasteiger partial charge in [-0.3, -0.25) is 4.79 Å². The molecule has 0 spiro atoms. The lowest BCUT2D eigenvalue weighted by Crippen LogP contribution is -2.25. The van der Waals surface area contributed by atoms with E-state index < -0.39 is 0 Å². The van der Waals surface area contributed by atoms with Gasteiger partial charge in [0.15, 0.2) is 0 Å². The van der Waals surface area contributed by atoms with Crippen molar-refractivity contribution in [2.24, 2.45) is 0 Å². The summed E-state index contributed by atoms with van der Waals surface area (Å²) in [4.78, 5) is 19.6. The molecule has 0 aliphatic carbocycles. The highest BCUT2D eigenvalue weighted by molar-refractivity contribution is 5.94. The molecule has 2 aromatic rings. The molecular formula is C14H12N4O. The summed E-state index contributed by atoms with van der Waals surface area (Å²) in [6.07, 6.45) is 5.60. The van der Waals surface area contributed by atoms with Crippen LogP contribution in [0.15, 0.2) is 43.0 Å². The number of nitrogens with one attached hydrogen (secondary N) is 1. The first kappa shape index (κ1) is 12.7. The van der Waals surface area contributed by atoms with E-state index in [0.717, 1.165) is 5.56 Å². The molecule has 1 aromatic carbocycles. The minimum Gasteiger partial charge on any atom is -0.352 e. The molecule has 1 heterocycles.